The number of carboxylic acid groups (broad SMARTS) is 1. The number of alkyl halides is 1. The van der Waals surface area contributed by atoms with Crippen LogP contribution in [0.5, 0.6) is 0 Å². The smallest absolute Gasteiger partial charge is 0.329 e. The van der Waals surface area contributed by atoms with E-state index in [1.165, 1.54) is 6.20 Å². The van der Waals surface area contributed by atoms with Gasteiger partial charge in [-0.25, -0.2) is 14.2 Å². The van der Waals surface area contributed by atoms with Crippen molar-refractivity contribution in [1.29, 1.82) is 0 Å². The summed E-state index contributed by atoms with van der Waals surface area (Å²) >= 11 is 0. The maximum atomic E-state index is 13.3. The van der Waals surface area contributed by atoms with Crippen LogP contribution >= 0.6 is 0 Å². The van der Waals surface area contributed by atoms with E-state index in [9.17, 15) is 14.0 Å². The molecule has 3 heterocycles. The Hall–Kier alpha value is -4.12. The van der Waals surface area contributed by atoms with Gasteiger partial charge in [0.2, 0.25) is 11.7 Å². The Labute approximate surface area is 192 Å². The molecule has 11 heteroatoms. The summed E-state index contributed by atoms with van der Waals surface area (Å²) in [5.74, 6) is -1.12. The van der Waals surface area contributed by atoms with Gasteiger partial charge in [0.25, 0.3) is 5.91 Å². The fraction of sp³-hybridized carbons (Fsp3) is 0.261. The highest BCUT2D eigenvalue weighted by Crippen LogP contribution is 2.43. The molecule has 0 radical (unpaired) electrons. The van der Waals surface area contributed by atoms with Crippen molar-refractivity contribution in [3.05, 3.63) is 65.4 Å². The number of halogens is 1. The van der Waals surface area contributed by atoms with Gasteiger partial charge in [-0.15, -0.1) is 0 Å². The monoisotopic (exact) mass is 465 g/mol. The van der Waals surface area contributed by atoms with Crippen molar-refractivity contribution in [2.75, 3.05) is 11.9 Å². The summed E-state index contributed by atoms with van der Waals surface area (Å²) in [5, 5.41) is 15.5. The quantitative estimate of drug-likeness (QED) is 0.405. The van der Waals surface area contributed by atoms with Crippen molar-refractivity contribution in [1.82, 2.24) is 19.5 Å². The first kappa shape index (κ1) is 21.7. The Balaban J connectivity index is 1.33. The minimum absolute atomic E-state index is 0.119. The molecular formula is C23H20FN5O5. The molecule has 2 atom stereocenters. The Bertz CT molecular complexity index is 1400. The van der Waals surface area contributed by atoms with Crippen LogP contribution in [0.15, 0.2) is 47.2 Å². The van der Waals surface area contributed by atoms with E-state index in [4.69, 9.17) is 14.4 Å². The molecule has 1 aromatic carbocycles. The number of amides is 1. The van der Waals surface area contributed by atoms with E-state index >= 15 is 0 Å². The molecule has 10 nitrogen and oxygen atoms in total. The zero-order valence-corrected chi connectivity index (χ0v) is 18.1. The topological polar surface area (TPSA) is 132 Å². The number of pyridine rings is 1. The molecule has 0 aliphatic heterocycles. The first-order valence-electron chi connectivity index (χ1n) is 10.5. The van der Waals surface area contributed by atoms with Crippen molar-refractivity contribution in [2.45, 2.75) is 32.0 Å². The molecule has 174 valence electrons. The van der Waals surface area contributed by atoms with E-state index < -0.39 is 18.7 Å². The number of aryl methyl sites for hydroxylation is 1. The van der Waals surface area contributed by atoms with Gasteiger partial charge in [0, 0.05) is 17.4 Å². The lowest BCUT2D eigenvalue weighted by Crippen LogP contribution is -2.15. The molecule has 0 unspecified atom stereocenters. The van der Waals surface area contributed by atoms with Gasteiger partial charge in [-0.05, 0) is 42.7 Å². The second-order valence-corrected chi connectivity index (χ2v) is 8.09. The molecule has 1 saturated carbocycles. The Morgan fingerprint density at radius 1 is 1.32 bits per heavy atom. The standard InChI is InChI=1S/C23H20FN5O5/c1-12-2-3-14(21-27-23(34-28-21)15-8-16(15)24)7-17(12)26-22(32)18-9-25-19-6-13(4-5-29(18)19)10-33-11-20(30)31/h2-7,9,15-16H,8,10-11H2,1H3,(H,26,32)(H,30,31)/t15-,16-/m0/s1. The van der Waals surface area contributed by atoms with Crippen LogP contribution in [0.1, 0.15) is 39.8 Å². The number of nitrogens with zero attached hydrogens (tertiary/aromatic N) is 4. The van der Waals surface area contributed by atoms with E-state index in [0.29, 0.717) is 34.8 Å². The molecule has 1 aliphatic carbocycles. The third-order valence-electron chi connectivity index (χ3n) is 5.52. The van der Waals surface area contributed by atoms with Crippen molar-refractivity contribution in [2.24, 2.45) is 0 Å². The second-order valence-electron chi connectivity index (χ2n) is 8.09. The lowest BCUT2D eigenvalue weighted by Gasteiger charge is -2.10. The van der Waals surface area contributed by atoms with E-state index in [-0.39, 0.29) is 24.3 Å². The number of hydrogen-bond donors (Lipinski definition) is 2. The number of aromatic nitrogens is 4. The van der Waals surface area contributed by atoms with Crippen molar-refractivity contribution >= 4 is 23.2 Å². The number of fused-ring (bicyclic) bond motifs is 1. The number of rotatable bonds is 8. The molecule has 34 heavy (non-hydrogen) atoms. The number of imidazole rings is 1. The molecule has 0 spiro atoms. The van der Waals surface area contributed by atoms with Crippen LogP contribution in [-0.4, -0.2) is 49.3 Å². The van der Waals surface area contributed by atoms with Gasteiger partial charge in [0.1, 0.15) is 24.1 Å². The molecule has 0 saturated heterocycles. The van der Waals surface area contributed by atoms with Crippen LogP contribution in [-0.2, 0) is 16.1 Å². The van der Waals surface area contributed by atoms with Gasteiger partial charge in [-0.3, -0.25) is 9.20 Å². The highest BCUT2D eigenvalue weighted by atomic mass is 19.1. The molecule has 1 amide bonds. The van der Waals surface area contributed by atoms with Crippen molar-refractivity contribution < 1.29 is 28.3 Å². The summed E-state index contributed by atoms with van der Waals surface area (Å²) in [6, 6.07) is 8.83. The molecule has 0 bridgehead atoms. The van der Waals surface area contributed by atoms with Gasteiger partial charge in [-0.2, -0.15) is 4.98 Å². The van der Waals surface area contributed by atoms with Crippen LogP contribution in [0.2, 0.25) is 0 Å². The number of ether oxygens (including phenoxy) is 1. The van der Waals surface area contributed by atoms with Crippen LogP contribution < -0.4 is 5.32 Å². The van der Waals surface area contributed by atoms with E-state index in [1.807, 2.05) is 19.1 Å². The summed E-state index contributed by atoms with van der Waals surface area (Å²) in [5.41, 5.74) is 3.62. The number of carbonyl (C=O) groups excluding carboxylic acids is 1. The molecule has 1 aliphatic rings. The average Bonchev–Trinajstić information content (AvgIpc) is 3.20. The Morgan fingerprint density at radius 3 is 2.91 bits per heavy atom. The van der Waals surface area contributed by atoms with Gasteiger partial charge in [0.05, 0.1) is 18.7 Å². The Morgan fingerprint density at radius 2 is 2.15 bits per heavy atom. The van der Waals surface area contributed by atoms with Gasteiger partial charge in [0.15, 0.2) is 0 Å². The van der Waals surface area contributed by atoms with Gasteiger partial charge < -0.3 is 19.7 Å². The van der Waals surface area contributed by atoms with Gasteiger partial charge in [-0.1, -0.05) is 17.3 Å². The van der Waals surface area contributed by atoms with Crippen LogP contribution in [0.4, 0.5) is 10.1 Å². The minimum atomic E-state index is -1.05. The number of carboxylic acids is 1. The molecule has 5 rings (SSSR count). The van der Waals surface area contributed by atoms with Crippen LogP contribution in [0.3, 0.4) is 0 Å². The third-order valence-corrected chi connectivity index (χ3v) is 5.52. The van der Waals surface area contributed by atoms with E-state index in [2.05, 4.69) is 20.4 Å². The first-order valence-corrected chi connectivity index (χ1v) is 10.5. The largest absolute Gasteiger partial charge is 0.480 e. The molecule has 2 N–H and O–H groups in total. The maximum absolute atomic E-state index is 13.3. The second kappa shape index (κ2) is 8.67. The third kappa shape index (κ3) is 4.37. The number of nitrogens with one attached hydrogen (secondary N) is 1. The fourth-order valence-electron chi connectivity index (χ4n) is 3.54. The SMILES string of the molecule is Cc1ccc(-c2noc([C@H]3C[C@@H]3F)n2)cc1NC(=O)c1cnc2cc(COCC(=O)O)ccn12. The normalized spacial score (nSPS) is 17.1. The van der Waals surface area contributed by atoms with Crippen LogP contribution in [0.25, 0.3) is 17.0 Å². The first-order chi connectivity index (χ1) is 16.4. The summed E-state index contributed by atoms with van der Waals surface area (Å²) in [6.45, 7) is 1.58. The summed E-state index contributed by atoms with van der Waals surface area (Å²) in [4.78, 5) is 32.1. The number of carbonyl (C=O) groups is 2. The van der Waals surface area contributed by atoms with Crippen molar-refractivity contribution in [3.8, 4) is 11.4 Å². The predicted molar refractivity (Wildman–Crippen MR) is 117 cm³/mol. The van der Waals surface area contributed by atoms with Crippen molar-refractivity contribution in [3.63, 3.8) is 0 Å². The summed E-state index contributed by atoms with van der Waals surface area (Å²) in [7, 11) is 0. The molecule has 4 aromatic rings. The van der Waals surface area contributed by atoms with Gasteiger partial charge >= 0.3 is 5.97 Å². The summed E-state index contributed by atoms with van der Waals surface area (Å²) in [6.07, 6.45) is 2.60. The fourth-order valence-corrected chi connectivity index (χ4v) is 3.54. The lowest BCUT2D eigenvalue weighted by molar-refractivity contribution is -0.142. The van der Waals surface area contributed by atoms with E-state index in [1.54, 1.807) is 28.8 Å². The number of hydrogen-bond acceptors (Lipinski definition) is 7. The van der Waals surface area contributed by atoms with E-state index in [0.717, 1.165) is 11.1 Å². The predicted octanol–water partition coefficient (Wildman–Crippen LogP) is 3.37. The summed E-state index contributed by atoms with van der Waals surface area (Å²) < 4.78 is 25.2. The number of aliphatic carboxylic acids is 1. The minimum Gasteiger partial charge on any atom is -0.480 e. The maximum Gasteiger partial charge on any atom is 0.329 e. The zero-order chi connectivity index (χ0) is 23.8. The highest BCUT2D eigenvalue weighted by Gasteiger charge is 2.43. The highest BCUT2D eigenvalue weighted by molar-refractivity contribution is 6.04. The Kier molecular flexibility index (Phi) is 5.54. The lowest BCUT2D eigenvalue weighted by atomic mass is 10.1. The molecule has 1 fully saturated rings. The molecule has 3 aromatic heterocycles. The zero-order valence-electron chi connectivity index (χ0n) is 18.1. The molecular weight excluding hydrogens is 445 g/mol. The average molecular weight is 465 g/mol. The number of benzene rings is 1. The number of anilines is 1. The van der Waals surface area contributed by atoms with Crippen LogP contribution in [0, 0.1) is 6.92 Å².